The van der Waals surface area contributed by atoms with Crippen molar-refractivity contribution in [3.63, 3.8) is 0 Å². The summed E-state index contributed by atoms with van der Waals surface area (Å²) >= 11 is 0. The maximum atomic E-state index is 11.9. The molecule has 0 radical (unpaired) electrons. The van der Waals surface area contributed by atoms with E-state index in [4.69, 9.17) is 14.6 Å². The number of benzene rings is 2. The summed E-state index contributed by atoms with van der Waals surface area (Å²) in [5, 5.41) is 14.3. The Morgan fingerprint density at radius 1 is 1.12 bits per heavy atom. The average molecular weight is 358 g/mol. The lowest BCUT2D eigenvalue weighted by molar-refractivity contribution is 0.0697. The maximum Gasteiger partial charge on any atom is 0.335 e. The van der Waals surface area contributed by atoms with E-state index in [0.29, 0.717) is 36.8 Å². The van der Waals surface area contributed by atoms with Crippen LogP contribution >= 0.6 is 0 Å². The third kappa shape index (κ3) is 5.41. The molecule has 2 rings (SSSR count). The molecule has 2 aromatic rings. The van der Waals surface area contributed by atoms with E-state index in [9.17, 15) is 9.59 Å². The number of urea groups is 1. The highest BCUT2D eigenvalue weighted by molar-refractivity contribution is 5.93. The highest BCUT2D eigenvalue weighted by Crippen LogP contribution is 2.28. The Morgan fingerprint density at radius 2 is 1.92 bits per heavy atom. The third-order valence-corrected chi connectivity index (χ3v) is 3.59. The van der Waals surface area contributed by atoms with Crippen LogP contribution in [0.25, 0.3) is 0 Å². The summed E-state index contributed by atoms with van der Waals surface area (Å²) in [7, 11) is 1.58. The fraction of sp³-hybridized carbons (Fsp3) is 0.263. The minimum Gasteiger partial charge on any atom is -0.493 e. The van der Waals surface area contributed by atoms with Gasteiger partial charge in [-0.2, -0.15) is 0 Å². The molecule has 0 fully saturated rings. The van der Waals surface area contributed by atoms with Gasteiger partial charge in [0.15, 0.2) is 11.5 Å². The van der Waals surface area contributed by atoms with E-state index in [-0.39, 0.29) is 5.56 Å². The molecule has 138 valence electrons. The van der Waals surface area contributed by atoms with Gasteiger partial charge < -0.3 is 25.2 Å². The van der Waals surface area contributed by atoms with E-state index in [1.54, 1.807) is 19.2 Å². The molecule has 0 saturated heterocycles. The second-order valence-corrected chi connectivity index (χ2v) is 5.44. The van der Waals surface area contributed by atoms with Crippen molar-refractivity contribution in [1.29, 1.82) is 0 Å². The van der Waals surface area contributed by atoms with Crippen molar-refractivity contribution in [2.45, 2.75) is 13.3 Å². The summed E-state index contributed by atoms with van der Waals surface area (Å²) in [6, 6.07) is 11.3. The summed E-state index contributed by atoms with van der Waals surface area (Å²) in [5.74, 6) is 0.292. The molecule has 0 saturated carbocycles. The highest BCUT2D eigenvalue weighted by atomic mass is 16.5. The van der Waals surface area contributed by atoms with Crippen LogP contribution < -0.4 is 20.1 Å². The van der Waals surface area contributed by atoms with E-state index in [2.05, 4.69) is 10.6 Å². The molecule has 3 N–H and O–H groups in total. The van der Waals surface area contributed by atoms with E-state index in [1.165, 1.54) is 12.1 Å². The van der Waals surface area contributed by atoms with Gasteiger partial charge in [0.05, 0.1) is 19.3 Å². The molecule has 0 aromatic heterocycles. The van der Waals surface area contributed by atoms with Gasteiger partial charge in [0.2, 0.25) is 0 Å². The number of carboxylic acids is 1. The number of aromatic carboxylic acids is 1. The zero-order valence-electron chi connectivity index (χ0n) is 14.7. The number of carbonyl (C=O) groups is 2. The smallest absolute Gasteiger partial charge is 0.335 e. The Bertz CT molecular complexity index is 776. The number of hydrogen-bond acceptors (Lipinski definition) is 4. The second kappa shape index (κ2) is 9.31. The normalized spacial score (nSPS) is 10.1. The first kappa shape index (κ1) is 19.1. The maximum absolute atomic E-state index is 11.9. The second-order valence-electron chi connectivity index (χ2n) is 5.44. The number of carbonyl (C=O) groups excluding carboxylic acids is 1. The van der Waals surface area contributed by atoms with Gasteiger partial charge in [-0.25, -0.2) is 9.59 Å². The molecule has 0 atom stereocenters. The summed E-state index contributed by atoms with van der Waals surface area (Å²) in [6.07, 6.45) is 0.616. The minimum atomic E-state index is -1.04. The van der Waals surface area contributed by atoms with Gasteiger partial charge in [-0.15, -0.1) is 0 Å². The molecule has 0 unspecified atom stereocenters. The predicted octanol–water partition coefficient (Wildman–Crippen LogP) is 3.16. The molecule has 0 aliphatic heterocycles. The van der Waals surface area contributed by atoms with Crippen LogP contribution in [0.3, 0.4) is 0 Å². The van der Waals surface area contributed by atoms with Gasteiger partial charge in [0.1, 0.15) is 0 Å². The number of methoxy groups -OCH3 is 1. The predicted molar refractivity (Wildman–Crippen MR) is 98.3 cm³/mol. The number of ether oxygens (including phenoxy) is 2. The lowest BCUT2D eigenvalue weighted by Crippen LogP contribution is -2.30. The zero-order chi connectivity index (χ0) is 18.9. The number of carboxylic acid groups (broad SMARTS) is 1. The lowest BCUT2D eigenvalue weighted by atomic mass is 10.1. The number of amides is 2. The first-order chi connectivity index (χ1) is 12.5. The van der Waals surface area contributed by atoms with Crippen LogP contribution in [-0.4, -0.2) is 37.4 Å². The van der Waals surface area contributed by atoms with Crippen molar-refractivity contribution < 1.29 is 24.2 Å². The van der Waals surface area contributed by atoms with Crippen molar-refractivity contribution in [1.82, 2.24) is 5.32 Å². The summed E-state index contributed by atoms with van der Waals surface area (Å²) < 4.78 is 10.8. The van der Waals surface area contributed by atoms with E-state index >= 15 is 0 Å². The molecule has 0 heterocycles. The van der Waals surface area contributed by atoms with Crippen LogP contribution in [0.1, 0.15) is 22.8 Å². The SMILES string of the molecule is CCOc1ccc(CCNC(=O)Nc2cccc(C(=O)O)c2)cc1OC. The van der Waals surface area contributed by atoms with Gasteiger partial charge in [-0.3, -0.25) is 0 Å². The van der Waals surface area contributed by atoms with Crippen molar-refractivity contribution in [2.75, 3.05) is 25.6 Å². The van der Waals surface area contributed by atoms with E-state index < -0.39 is 12.0 Å². The number of anilines is 1. The van der Waals surface area contributed by atoms with Gasteiger partial charge in [-0.1, -0.05) is 12.1 Å². The third-order valence-electron chi connectivity index (χ3n) is 3.59. The Balaban J connectivity index is 1.86. The molecule has 7 nitrogen and oxygen atoms in total. The van der Waals surface area contributed by atoms with Crippen LogP contribution in [0.15, 0.2) is 42.5 Å². The molecule has 0 bridgehead atoms. The van der Waals surface area contributed by atoms with Crippen LogP contribution in [0.4, 0.5) is 10.5 Å². The zero-order valence-corrected chi connectivity index (χ0v) is 14.7. The summed E-state index contributed by atoms with van der Waals surface area (Å²) in [6.45, 7) is 2.88. The Labute approximate surface area is 151 Å². The van der Waals surface area contributed by atoms with E-state index in [1.807, 2.05) is 25.1 Å². The Morgan fingerprint density at radius 3 is 2.62 bits per heavy atom. The number of hydrogen-bond donors (Lipinski definition) is 3. The first-order valence-corrected chi connectivity index (χ1v) is 8.21. The summed E-state index contributed by atoms with van der Waals surface area (Å²) in [5.41, 5.74) is 1.54. The molecule has 26 heavy (non-hydrogen) atoms. The van der Waals surface area contributed by atoms with Crippen molar-refractivity contribution in [2.24, 2.45) is 0 Å². The highest BCUT2D eigenvalue weighted by Gasteiger charge is 2.07. The Kier molecular flexibility index (Phi) is 6.84. The topological polar surface area (TPSA) is 96.9 Å². The molecular formula is C19H22N2O5. The van der Waals surface area contributed by atoms with Gasteiger partial charge >= 0.3 is 12.0 Å². The van der Waals surface area contributed by atoms with Crippen molar-refractivity contribution >= 4 is 17.7 Å². The van der Waals surface area contributed by atoms with E-state index in [0.717, 1.165) is 5.56 Å². The Hall–Kier alpha value is -3.22. The number of rotatable bonds is 8. The first-order valence-electron chi connectivity index (χ1n) is 8.21. The summed E-state index contributed by atoms with van der Waals surface area (Å²) in [4.78, 5) is 22.9. The fourth-order valence-corrected chi connectivity index (χ4v) is 2.37. The molecule has 0 aliphatic rings. The van der Waals surface area contributed by atoms with Gasteiger partial charge in [0.25, 0.3) is 0 Å². The largest absolute Gasteiger partial charge is 0.493 e. The molecule has 0 spiro atoms. The minimum absolute atomic E-state index is 0.115. The lowest BCUT2D eigenvalue weighted by Gasteiger charge is -2.12. The molecular weight excluding hydrogens is 336 g/mol. The van der Waals surface area contributed by atoms with Crippen LogP contribution in [0, 0.1) is 0 Å². The molecule has 7 heteroatoms. The van der Waals surface area contributed by atoms with Crippen LogP contribution in [-0.2, 0) is 6.42 Å². The quantitative estimate of drug-likeness (QED) is 0.673. The standard InChI is InChI=1S/C19H22N2O5/c1-3-26-16-8-7-13(11-17(16)25-2)9-10-20-19(24)21-15-6-4-5-14(12-15)18(22)23/h4-8,11-12H,3,9-10H2,1-2H3,(H,22,23)(H2,20,21,24). The van der Waals surface area contributed by atoms with Crippen LogP contribution in [0.2, 0.25) is 0 Å². The monoisotopic (exact) mass is 358 g/mol. The van der Waals surface area contributed by atoms with Gasteiger partial charge in [-0.05, 0) is 49.2 Å². The van der Waals surface area contributed by atoms with Crippen molar-refractivity contribution in [3.8, 4) is 11.5 Å². The van der Waals surface area contributed by atoms with Gasteiger partial charge in [0, 0.05) is 12.2 Å². The molecule has 2 aromatic carbocycles. The van der Waals surface area contributed by atoms with Crippen LogP contribution in [0.5, 0.6) is 11.5 Å². The number of nitrogens with one attached hydrogen (secondary N) is 2. The molecule has 0 aliphatic carbocycles. The molecule has 2 amide bonds. The fourth-order valence-electron chi connectivity index (χ4n) is 2.37. The average Bonchev–Trinajstić information content (AvgIpc) is 2.63. The van der Waals surface area contributed by atoms with Crippen molar-refractivity contribution in [3.05, 3.63) is 53.6 Å².